The first-order valence-corrected chi connectivity index (χ1v) is 5.30. The van der Waals surface area contributed by atoms with Crippen molar-refractivity contribution in [3.63, 3.8) is 0 Å². The third-order valence-electron chi connectivity index (χ3n) is 3.78. The van der Waals surface area contributed by atoms with Gasteiger partial charge in [0.1, 0.15) is 0 Å². The molecule has 78 valence electrons. The third kappa shape index (κ3) is 2.44. The van der Waals surface area contributed by atoms with Crippen LogP contribution < -0.4 is 0 Å². The van der Waals surface area contributed by atoms with Gasteiger partial charge in [-0.3, -0.25) is 0 Å². The second-order valence-corrected chi connectivity index (χ2v) is 5.15. The van der Waals surface area contributed by atoms with E-state index in [9.17, 15) is 0 Å². The van der Waals surface area contributed by atoms with E-state index >= 15 is 0 Å². The summed E-state index contributed by atoms with van der Waals surface area (Å²) in [6.45, 7) is 7.25. The van der Waals surface area contributed by atoms with Gasteiger partial charge in [-0.1, -0.05) is 0 Å². The summed E-state index contributed by atoms with van der Waals surface area (Å²) >= 11 is 0. The van der Waals surface area contributed by atoms with Gasteiger partial charge in [0.15, 0.2) is 0 Å². The Morgan fingerprint density at radius 1 is 1.31 bits per heavy atom. The van der Waals surface area contributed by atoms with Gasteiger partial charge in [-0.25, -0.2) is 0 Å². The molecule has 2 heteroatoms. The number of hydrogen-bond donors (Lipinski definition) is 0. The summed E-state index contributed by atoms with van der Waals surface area (Å²) in [5, 5.41) is 0. The molecule has 0 aromatic rings. The van der Waals surface area contributed by atoms with Gasteiger partial charge in [-0.05, 0) is 60.3 Å². The van der Waals surface area contributed by atoms with Gasteiger partial charge >= 0.3 is 0 Å². The molecule has 0 saturated carbocycles. The fourth-order valence-electron chi connectivity index (χ4n) is 2.11. The quantitative estimate of drug-likeness (QED) is 0.644. The van der Waals surface area contributed by atoms with Crippen LogP contribution in [0.2, 0.25) is 0 Å². The largest absolute Gasteiger partial charge is 0.306 e. The Labute approximate surface area is 82.9 Å². The van der Waals surface area contributed by atoms with Crippen molar-refractivity contribution in [1.82, 2.24) is 9.80 Å². The SMILES string of the molecule is CN1CCCC(C(C)(C)N(C)C)C1. The summed E-state index contributed by atoms with van der Waals surface area (Å²) in [6, 6.07) is 0. The van der Waals surface area contributed by atoms with Crippen LogP contribution in [0.3, 0.4) is 0 Å². The summed E-state index contributed by atoms with van der Waals surface area (Å²) in [5.74, 6) is 0.821. The third-order valence-corrected chi connectivity index (χ3v) is 3.78. The van der Waals surface area contributed by atoms with Crippen molar-refractivity contribution in [1.29, 1.82) is 0 Å². The van der Waals surface area contributed by atoms with Crippen molar-refractivity contribution >= 4 is 0 Å². The van der Waals surface area contributed by atoms with Crippen molar-refractivity contribution in [2.24, 2.45) is 5.92 Å². The molecule has 1 saturated heterocycles. The maximum Gasteiger partial charge on any atom is 0.0187 e. The Hall–Kier alpha value is -0.0800. The van der Waals surface area contributed by atoms with Crippen molar-refractivity contribution < 1.29 is 0 Å². The Balaban J connectivity index is 2.59. The van der Waals surface area contributed by atoms with E-state index in [0.717, 1.165) is 5.92 Å². The fourth-order valence-corrected chi connectivity index (χ4v) is 2.11. The Kier molecular flexibility index (Phi) is 3.36. The number of hydrogen-bond acceptors (Lipinski definition) is 2. The molecule has 0 spiro atoms. The molecule has 1 rings (SSSR count). The van der Waals surface area contributed by atoms with E-state index in [1.165, 1.54) is 25.9 Å². The molecule has 1 unspecified atom stereocenters. The molecule has 0 N–H and O–H groups in total. The average molecular weight is 184 g/mol. The lowest BCUT2D eigenvalue weighted by atomic mass is 9.81. The summed E-state index contributed by atoms with van der Waals surface area (Å²) < 4.78 is 0. The van der Waals surface area contributed by atoms with Gasteiger partial charge in [0.25, 0.3) is 0 Å². The van der Waals surface area contributed by atoms with Crippen molar-refractivity contribution in [3.8, 4) is 0 Å². The van der Waals surface area contributed by atoms with E-state index in [1.54, 1.807) is 0 Å². The first-order chi connectivity index (χ1) is 5.94. The zero-order valence-electron chi connectivity index (χ0n) is 9.80. The van der Waals surface area contributed by atoms with Gasteiger partial charge in [0.2, 0.25) is 0 Å². The molecule has 0 aliphatic carbocycles. The van der Waals surface area contributed by atoms with Crippen LogP contribution in [-0.4, -0.2) is 49.6 Å². The van der Waals surface area contributed by atoms with E-state index in [2.05, 4.69) is 44.8 Å². The standard InChI is InChI=1S/C11H24N2/c1-11(2,12(3)4)10-7-6-8-13(5)9-10/h10H,6-9H2,1-5H3. The molecule has 0 bridgehead atoms. The first kappa shape index (κ1) is 11.0. The van der Waals surface area contributed by atoms with Gasteiger partial charge in [0.05, 0.1) is 0 Å². The molecule has 1 aliphatic rings. The molecule has 0 amide bonds. The van der Waals surface area contributed by atoms with Crippen molar-refractivity contribution in [3.05, 3.63) is 0 Å². The second kappa shape index (κ2) is 3.97. The van der Waals surface area contributed by atoms with Crippen LogP contribution in [0.25, 0.3) is 0 Å². The molecule has 2 nitrogen and oxygen atoms in total. The highest BCUT2D eigenvalue weighted by Crippen LogP contribution is 2.29. The van der Waals surface area contributed by atoms with Crippen LogP contribution >= 0.6 is 0 Å². The fraction of sp³-hybridized carbons (Fsp3) is 1.00. The summed E-state index contributed by atoms with van der Waals surface area (Å²) in [5.41, 5.74) is 0.342. The minimum absolute atomic E-state index is 0.342. The highest BCUT2D eigenvalue weighted by Gasteiger charge is 2.33. The van der Waals surface area contributed by atoms with E-state index < -0.39 is 0 Å². The number of nitrogens with zero attached hydrogens (tertiary/aromatic N) is 2. The Morgan fingerprint density at radius 3 is 2.38 bits per heavy atom. The predicted octanol–water partition coefficient (Wildman–Crippen LogP) is 1.67. The van der Waals surface area contributed by atoms with Crippen LogP contribution in [0.4, 0.5) is 0 Å². The lowest BCUT2D eigenvalue weighted by molar-refractivity contribution is 0.0608. The highest BCUT2D eigenvalue weighted by molar-refractivity contribution is 4.89. The van der Waals surface area contributed by atoms with Crippen LogP contribution in [0, 0.1) is 5.92 Å². The molecular weight excluding hydrogens is 160 g/mol. The van der Waals surface area contributed by atoms with Gasteiger partial charge in [-0.15, -0.1) is 0 Å². The minimum Gasteiger partial charge on any atom is -0.306 e. The Bertz CT molecular complexity index is 163. The highest BCUT2D eigenvalue weighted by atomic mass is 15.2. The van der Waals surface area contributed by atoms with E-state index in [0.29, 0.717) is 5.54 Å². The topological polar surface area (TPSA) is 6.48 Å². The molecule has 0 aromatic carbocycles. The summed E-state index contributed by atoms with van der Waals surface area (Å²) in [7, 11) is 6.61. The maximum atomic E-state index is 2.46. The number of piperidine rings is 1. The smallest absolute Gasteiger partial charge is 0.0187 e. The van der Waals surface area contributed by atoms with Gasteiger partial charge < -0.3 is 9.80 Å². The number of rotatable bonds is 2. The monoisotopic (exact) mass is 184 g/mol. The minimum atomic E-state index is 0.342. The zero-order chi connectivity index (χ0) is 10.1. The molecule has 1 heterocycles. The van der Waals surface area contributed by atoms with Crippen molar-refractivity contribution in [2.75, 3.05) is 34.2 Å². The molecular formula is C11H24N2. The maximum absolute atomic E-state index is 2.46. The van der Waals surface area contributed by atoms with E-state index in [1.807, 2.05) is 0 Å². The van der Waals surface area contributed by atoms with Crippen LogP contribution in [0.15, 0.2) is 0 Å². The summed E-state index contributed by atoms with van der Waals surface area (Å²) in [4.78, 5) is 4.82. The normalized spacial score (nSPS) is 26.8. The van der Waals surface area contributed by atoms with Crippen LogP contribution in [0.1, 0.15) is 26.7 Å². The number of likely N-dealkylation sites (tertiary alicyclic amines) is 1. The first-order valence-electron chi connectivity index (χ1n) is 5.30. The summed E-state index contributed by atoms with van der Waals surface area (Å²) in [6.07, 6.45) is 2.74. The van der Waals surface area contributed by atoms with Crippen LogP contribution in [0.5, 0.6) is 0 Å². The average Bonchev–Trinajstić information content (AvgIpc) is 2.04. The lowest BCUT2D eigenvalue weighted by Gasteiger charge is -2.44. The molecule has 1 fully saturated rings. The molecule has 1 aliphatic heterocycles. The Morgan fingerprint density at radius 2 is 1.92 bits per heavy atom. The second-order valence-electron chi connectivity index (χ2n) is 5.15. The van der Waals surface area contributed by atoms with E-state index in [4.69, 9.17) is 0 Å². The zero-order valence-corrected chi connectivity index (χ0v) is 9.80. The van der Waals surface area contributed by atoms with Gasteiger partial charge in [0, 0.05) is 12.1 Å². The molecule has 13 heavy (non-hydrogen) atoms. The predicted molar refractivity (Wildman–Crippen MR) is 58.0 cm³/mol. The lowest BCUT2D eigenvalue weighted by Crippen LogP contribution is -2.51. The molecule has 0 aromatic heterocycles. The molecule has 1 atom stereocenters. The van der Waals surface area contributed by atoms with Crippen LogP contribution in [-0.2, 0) is 0 Å². The van der Waals surface area contributed by atoms with Crippen molar-refractivity contribution in [2.45, 2.75) is 32.2 Å². The van der Waals surface area contributed by atoms with Gasteiger partial charge in [-0.2, -0.15) is 0 Å². The molecule has 0 radical (unpaired) electrons. The van der Waals surface area contributed by atoms with E-state index in [-0.39, 0.29) is 0 Å².